The van der Waals surface area contributed by atoms with Crippen LogP contribution in [0.3, 0.4) is 0 Å². The van der Waals surface area contributed by atoms with Crippen molar-refractivity contribution in [2.75, 3.05) is 13.2 Å². The Labute approximate surface area is 133 Å². The lowest BCUT2D eigenvalue weighted by molar-refractivity contribution is 0.171. The molecule has 0 radical (unpaired) electrons. The Kier molecular flexibility index (Phi) is 3.98. The summed E-state index contributed by atoms with van der Waals surface area (Å²) >= 11 is 12.3. The van der Waals surface area contributed by atoms with E-state index in [1.807, 2.05) is 31.2 Å². The Morgan fingerprint density at radius 3 is 2.33 bits per heavy atom. The van der Waals surface area contributed by atoms with Crippen LogP contribution in [-0.2, 0) is 0 Å². The molecule has 0 fully saturated rings. The van der Waals surface area contributed by atoms with Crippen molar-refractivity contribution in [1.82, 2.24) is 0 Å². The van der Waals surface area contributed by atoms with E-state index in [1.54, 1.807) is 6.07 Å². The molecule has 1 atom stereocenters. The van der Waals surface area contributed by atoms with Crippen LogP contribution in [0.15, 0.2) is 30.3 Å². The SMILES string of the molecule is Cc1cc(Cl)ccc1C(N)c1cc2c(cc1Cl)OCCO2. The summed E-state index contributed by atoms with van der Waals surface area (Å²) in [5, 5.41) is 1.26. The molecule has 3 nitrogen and oxygen atoms in total. The molecule has 1 unspecified atom stereocenters. The predicted octanol–water partition coefficient (Wildman–Crippen LogP) is 4.12. The Morgan fingerprint density at radius 2 is 1.67 bits per heavy atom. The Morgan fingerprint density at radius 1 is 1.00 bits per heavy atom. The second-order valence-electron chi connectivity index (χ2n) is 5.00. The molecule has 0 spiro atoms. The van der Waals surface area contributed by atoms with Gasteiger partial charge in [0.1, 0.15) is 13.2 Å². The van der Waals surface area contributed by atoms with E-state index < -0.39 is 0 Å². The monoisotopic (exact) mass is 323 g/mol. The maximum atomic E-state index is 6.38. The van der Waals surface area contributed by atoms with Crippen molar-refractivity contribution in [2.45, 2.75) is 13.0 Å². The average molecular weight is 324 g/mol. The molecule has 2 N–H and O–H groups in total. The molecule has 0 saturated heterocycles. The zero-order valence-electron chi connectivity index (χ0n) is 11.5. The first kappa shape index (κ1) is 14.5. The first-order chi connectivity index (χ1) is 10.1. The first-order valence-electron chi connectivity index (χ1n) is 6.67. The lowest BCUT2D eigenvalue weighted by atomic mass is 9.95. The van der Waals surface area contributed by atoms with Gasteiger partial charge in [-0.25, -0.2) is 0 Å². The number of hydrogen-bond donors (Lipinski definition) is 1. The fourth-order valence-electron chi connectivity index (χ4n) is 2.47. The van der Waals surface area contributed by atoms with Crippen molar-refractivity contribution in [3.63, 3.8) is 0 Å². The molecule has 0 bridgehead atoms. The molecule has 0 saturated carbocycles. The van der Waals surface area contributed by atoms with Gasteiger partial charge in [0.2, 0.25) is 0 Å². The van der Waals surface area contributed by atoms with Crippen molar-refractivity contribution in [3.8, 4) is 11.5 Å². The summed E-state index contributed by atoms with van der Waals surface area (Å²) in [7, 11) is 0. The van der Waals surface area contributed by atoms with Gasteiger partial charge >= 0.3 is 0 Å². The molecule has 2 aromatic rings. The number of halogens is 2. The van der Waals surface area contributed by atoms with Crippen LogP contribution in [0.4, 0.5) is 0 Å². The maximum absolute atomic E-state index is 6.38. The highest BCUT2D eigenvalue weighted by molar-refractivity contribution is 6.31. The minimum Gasteiger partial charge on any atom is -0.486 e. The summed E-state index contributed by atoms with van der Waals surface area (Å²) in [6.45, 7) is 3.04. The third kappa shape index (κ3) is 2.82. The zero-order chi connectivity index (χ0) is 15.0. The molecule has 0 amide bonds. The third-order valence-corrected chi connectivity index (χ3v) is 4.13. The fraction of sp³-hybridized carbons (Fsp3) is 0.250. The van der Waals surface area contributed by atoms with Crippen molar-refractivity contribution in [3.05, 3.63) is 57.1 Å². The highest BCUT2D eigenvalue weighted by Gasteiger charge is 2.20. The number of rotatable bonds is 2. The van der Waals surface area contributed by atoms with E-state index in [9.17, 15) is 0 Å². The number of hydrogen-bond acceptors (Lipinski definition) is 3. The molecule has 21 heavy (non-hydrogen) atoms. The zero-order valence-corrected chi connectivity index (χ0v) is 13.0. The third-order valence-electron chi connectivity index (χ3n) is 3.56. The lowest BCUT2D eigenvalue weighted by Gasteiger charge is -2.22. The van der Waals surface area contributed by atoms with Crippen LogP contribution in [0.5, 0.6) is 11.5 Å². The number of nitrogens with two attached hydrogens (primary N) is 1. The van der Waals surface area contributed by atoms with Gasteiger partial charge in [0, 0.05) is 16.1 Å². The van der Waals surface area contributed by atoms with E-state index in [4.69, 9.17) is 38.4 Å². The Hall–Kier alpha value is -1.42. The molecule has 110 valence electrons. The quantitative estimate of drug-likeness (QED) is 0.904. The van der Waals surface area contributed by atoms with E-state index in [0.29, 0.717) is 34.8 Å². The van der Waals surface area contributed by atoms with Gasteiger partial charge in [-0.2, -0.15) is 0 Å². The minimum absolute atomic E-state index is 0.342. The largest absolute Gasteiger partial charge is 0.486 e. The topological polar surface area (TPSA) is 44.5 Å². The van der Waals surface area contributed by atoms with E-state index in [2.05, 4.69) is 0 Å². The molecule has 1 aliphatic rings. The number of benzene rings is 2. The van der Waals surface area contributed by atoms with Gasteiger partial charge < -0.3 is 15.2 Å². The maximum Gasteiger partial charge on any atom is 0.162 e. The Bertz CT molecular complexity index is 688. The molecule has 5 heteroatoms. The normalized spacial score (nSPS) is 14.9. The van der Waals surface area contributed by atoms with Crippen LogP contribution in [0, 0.1) is 6.92 Å². The summed E-state index contributed by atoms with van der Waals surface area (Å²) < 4.78 is 11.1. The molecular formula is C16H15Cl2NO2. The highest BCUT2D eigenvalue weighted by atomic mass is 35.5. The van der Waals surface area contributed by atoms with Gasteiger partial charge in [-0.05, 0) is 41.8 Å². The van der Waals surface area contributed by atoms with Gasteiger partial charge in [0.05, 0.1) is 6.04 Å². The highest BCUT2D eigenvalue weighted by Crippen LogP contribution is 2.39. The van der Waals surface area contributed by atoms with Crippen LogP contribution in [0.1, 0.15) is 22.7 Å². The lowest BCUT2D eigenvalue weighted by Crippen LogP contribution is -2.18. The van der Waals surface area contributed by atoms with E-state index in [-0.39, 0.29) is 6.04 Å². The second kappa shape index (κ2) is 5.76. The van der Waals surface area contributed by atoms with E-state index >= 15 is 0 Å². The van der Waals surface area contributed by atoms with Gasteiger partial charge in [0.25, 0.3) is 0 Å². The van der Waals surface area contributed by atoms with Gasteiger partial charge in [-0.1, -0.05) is 29.3 Å². The average Bonchev–Trinajstić information content (AvgIpc) is 2.46. The first-order valence-corrected chi connectivity index (χ1v) is 7.42. The summed E-state index contributed by atoms with van der Waals surface area (Å²) in [4.78, 5) is 0. The molecule has 1 aliphatic heterocycles. The van der Waals surface area contributed by atoms with Gasteiger partial charge in [-0.15, -0.1) is 0 Å². The molecule has 3 rings (SSSR count). The van der Waals surface area contributed by atoms with Crippen LogP contribution >= 0.6 is 23.2 Å². The van der Waals surface area contributed by atoms with Crippen LogP contribution in [0.2, 0.25) is 10.0 Å². The Balaban J connectivity index is 2.03. The standard InChI is InChI=1S/C16H15Cl2NO2/c1-9-6-10(17)2-3-11(9)16(19)12-7-14-15(8-13(12)18)21-5-4-20-14/h2-3,6-8,16H,4-5,19H2,1H3. The van der Waals surface area contributed by atoms with Gasteiger partial charge in [0.15, 0.2) is 11.5 Å². The van der Waals surface area contributed by atoms with Crippen LogP contribution in [-0.4, -0.2) is 13.2 Å². The van der Waals surface area contributed by atoms with Gasteiger partial charge in [-0.3, -0.25) is 0 Å². The molecule has 0 aromatic heterocycles. The summed E-state index contributed by atoms with van der Waals surface area (Å²) in [5.74, 6) is 1.35. The molecular weight excluding hydrogens is 309 g/mol. The molecule has 2 aromatic carbocycles. The summed E-state index contributed by atoms with van der Waals surface area (Å²) in [5.41, 5.74) is 9.20. The smallest absolute Gasteiger partial charge is 0.162 e. The minimum atomic E-state index is -0.342. The van der Waals surface area contributed by atoms with Crippen molar-refractivity contribution < 1.29 is 9.47 Å². The number of aryl methyl sites for hydroxylation is 1. The summed E-state index contributed by atoms with van der Waals surface area (Å²) in [6.07, 6.45) is 0. The second-order valence-corrected chi connectivity index (χ2v) is 5.84. The van der Waals surface area contributed by atoms with E-state index in [0.717, 1.165) is 16.7 Å². The van der Waals surface area contributed by atoms with Crippen LogP contribution < -0.4 is 15.2 Å². The fourth-order valence-corrected chi connectivity index (χ4v) is 2.97. The van der Waals surface area contributed by atoms with Crippen LogP contribution in [0.25, 0.3) is 0 Å². The van der Waals surface area contributed by atoms with E-state index in [1.165, 1.54) is 0 Å². The predicted molar refractivity (Wildman–Crippen MR) is 84.7 cm³/mol. The number of fused-ring (bicyclic) bond motifs is 1. The molecule has 0 aliphatic carbocycles. The van der Waals surface area contributed by atoms with Crippen molar-refractivity contribution in [2.24, 2.45) is 5.73 Å². The molecule has 1 heterocycles. The van der Waals surface area contributed by atoms with Crippen molar-refractivity contribution in [1.29, 1.82) is 0 Å². The number of ether oxygens (including phenoxy) is 2. The van der Waals surface area contributed by atoms with Crippen molar-refractivity contribution >= 4 is 23.2 Å². The summed E-state index contributed by atoms with van der Waals surface area (Å²) in [6, 6.07) is 8.92.